The van der Waals surface area contributed by atoms with E-state index in [4.69, 9.17) is 23.7 Å². The number of carbonyl (C=O) groups is 1. The van der Waals surface area contributed by atoms with Crippen molar-refractivity contribution in [3.63, 3.8) is 0 Å². The van der Waals surface area contributed by atoms with Crippen molar-refractivity contribution < 1.29 is 28.5 Å². The Morgan fingerprint density at radius 1 is 1.38 bits per heavy atom. The first-order valence-corrected chi connectivity index (χ1v) is 6.26. The molecule has 1 heterocycles. The van der Waals surface area contributed by atoms with Gasteiger partial charge >= 0.3 is 12.0 Å². The lowest BCUT2D eigenvalue weighted by atomic mass is 10.2. The molecule has 21 heavy (non-hydrogen) atoms. The Hall–Kier alpha value is -2.54. The third-order valence-corrected chi connectivity index (χ3v) is 2.58. The molecule has 1 aromatic heterocycles. The van der Waals surface area contributed by atoms with Crippen LogP contribution in [0.25, 0.3) is 0 Å². The Morgan fingerprint density at radius 2 is 2.19 bits per heavy atom. The molecule has 2 rings (SSSR count). The highest BCUT2D eigenvalue weighted by Crippen LogP contribution is 2.32. The third kappa shape index (κ3) is 3.51. The van der Waals surface area contributed by atoms with E-state index in [2.05, 4.69) is 4.98 Å². The van der Waals surface area contributed by atoms with Gasteiger partial charge in [-0.25, -0.2) is 4.79 Å². The molecule has 2 aromatic rings. The SMILES string of the molecule is CCOC(=O)c1coc(Oc2ccc(CO)cc2OC)n1. The standard InChI is InChI=1S/C14H15NO6/c1-3-19-13(17)10-8-20-14(15-10)21-11-5-4-9(7-16)6-12(11)18-2/h4-6,8,16H,3,7H2,1-2H3. The number of benzene rings is 1. The molecule has 0 radical (unpaired) electrons. The first kappa shape index (κ1) is 14.9. The molecule has 0 aliphatic carbocycles. The number of aromatic nitrogens is 1. The highest BCUT2D eigenvalue weighted by Gasteiger charge is 2.16. The van der Waals surface area contributed by atoms with Crippen molar-refractivity contribution in [2.24, 2.45) is 0 Å². The first-order chi connectivity index (χ1) is 10.2. The fourth-order valence-corrected chi connectivity index (χ4v) is 1.59. The minimum atomic E-state index is -0.585. The fourth-order valence-electron chi connectivity index (χ4n) is 1.59. The zero-order valence-electron chi connectivity index (χ0n) is 11.7. The second kappa shape index (κ2) is 6.76. The van der Waals surface area contributed by atoms with Gasteiger partial charge in [-0.3, -0.25) is 0 Å². The molecule has 1 N–H and O–H groups in total. The Bertz CT molecular complexity index is 622. The average molecular weight is 293 g/mol. The fraction of sp³-hybridized carbons (Fsp3) is 0.286. The molecule has 1 aromatic carbocycles. The van der Waals surface area contributed by atoms with E-state index in [0.29, 0.717) is 17.1 Å². The molecular weight excluding hydrogens is 278 g/mol. The van der Waals surface area contributed by atoms with Crippen LogP contribution in [-0.2, 0) is 11.3 Å². The molecule has 0 aliphatic rings. The summed E-state index contributed by atoms with van der Waals surface area (Å²) >= 11 is 0. The molecule has 7 heteroatoms. The number of aliphatic hydroxyl groups excluding tert-OH is 1. The molecular formula is C14H15NO6. The van der Waals surface area contributed by atoms with Gasteiger partial charge in [0.25, 0.3) is 0 Å². The largest absolute Gasteiger partial charge is 0.493 e. The second-order valence-corrected chi connectivity index (χ2v) is 3.96. The number of carbonyl (C=O) groups excluding carboxylic acids is 1. The molecule has 0 bridgehead atoms. The van der Waals surface area contributed by atoms with E-state index in [0.717, 1.165) is 6.26 Å². The zero-order chi connectivity index (χ0) is 15.2. The van der Waals surface area contributed by atoms with Crippen LogP contribution < -0.4 is 9.47 Å². The van der Waals surface area contributed by atoms with Crippen molar-refractivity contribution in [1.82, 2.24) is 4.98 Å². The summed E-state index contributed by atoms with van der Waals surface area (Å²) in [6.07, 6.45) is 1.05. The van der Waals surface area contributed by atoms with E-state index in [1.807, 2.05) is 0 Å². The summed E-state index contributed by atoms with van der Waals surface area (Å²) in [6, 6.07) is 4.91. The Kier molecular flexibility index (Phi) is 4.78. The summed E-state index contributed by atoms with van der Waals surface area (Å²) in [5.74, 6) is 0.183. The topological polar surface area (TPSA) is 91.0 Å². The Morgan fingerprint density at radius 3 is 2.86 bits per heavy atom. The van der Waals surface area contributed by atoms with Crippen LogP contribution in [0.4, 0.5) is 0 Å². The van der Waals surface area contributed by atoms with Crippen LogP contribution in [0.1, 0.15) is 23.0 Å². The van der Waals surface area contributed by atoms with Crippen LogP contribution in [0.3, 0.4) is 0 Å². The minimum Gasteiger partial charge on any atom is -0.493 e. The van der Waals surface area contributed by atoms with E-state index in [-0.39, 0.29) is 25.0 Å². The molecule has 0 spiro atoms. The highest BCUT2D eigenvalue weighted by atomic mass is 16.6. The molecule has 0 unspecified atom stereocenters. The molecule has 7 nitrogen and oxygen atoms in total. The summed E-state index contributed by atoms with van der Waals surface area (Å²) in [7, 11) is 1.48. The number of ether oxygens (including phenoxy) is 3. The van der Waals surface area contributed by atoms with Crippen LogP contribution >= 0.6 is 0 Å². The lowest BCUT2D eigenvalue weighted by Crippen LogP contribution is -2.04. The third-order valence-electron chi connectivity index (χ3n) is 2.58. The molecule has 0 fully saturated rings. The van der Waals surface area contributed by atoms with Gasteiger partial charge in [-0.05, 0) is 24.6 Å². The monoisotopic (exact) mass is 293 g/mol. The lowest BCUT2D eigenvalue weighted by Gasteiger charge is -2.08. The molecule has 0 aliphatic heterocycles. The Balaban J connectivity index is 2.16. The molecule has 0 atom stereocenters. The number of oxazole rings is 1. The van der Waals surface area contributed by atoms with Gasteiger partial charge in [-0.2, -0.15) is 4.98 Å². The van der Waals surface area contributed by atoms with Crippen LogP contribution in [0.15, 0.2) is 28.9 Å². The van der Waals surface area contributed by atoms with Crippen LogP contribution in [-0.4, -0.2) is 29.8 Å². The number of aliphatic hydroxyl groups is 1. The van der Waals surface area contributed by atoms with Gasteiger partial charge in [-0.15, -0.1) is 0 Å². The maximum absolute atomic E-state index is 11.5. The van der Waals surface area contributed by atoms with Crippen LogP contribution in [0.5, 0.6) is 17.6 Å². The molecule has 0 saturated heterocycles. The van der Waals surface area contributed by atoms with Gasteiger partial charge in [0.05, 0.1) is 20.3 Å². The van der Waals surface area contributed by atoms with Gasteiger partial charge in [0, 0.05) is 0 Å². The molecule has 0 saturated carbocycles. The number of hydrogen-bond acceptors (Lipinski definition) is 7. The van der Waals surface area contributed by atoms with Crippen molar-refractivity contribution in [1.29, 1.82) is 0 Å². The van der Waals surface area contributed by atoms with Crippen molar-refractivity contribution in [3.05, 3.63) is 35.7 Å². The summed E-state index contributed by atoms with van der Waals surface area (Å²) in [4.78, 5) is 15.3. The van der Waals surface area contributed by atoms with Crippen molar-refractivity contribution in [2.75, 3.05) is 13.7 Å². The van der Waals surface area contributed by atoms with E-state index in [1.165, 1.54) is 7.11 Å². The van der Waals surface area contributed by atoms with E-state index < -0.39 is 5.97 Å². The van der Waals surface area contributed by atoms with Gasteiger partial charge in [0.2, 0.25) is 0 Å². The molecule has 0 amide bonds. The minimum absolute atomic E-state index is 0.0257. The van der Waals surface area contributed by atoms with Crippen LogP contribution in [0, 0.1) is 0 Å². The number of esters is 1. The van der Waals surface area contributed by atoms with E-state index >= 15 is 0 Å². The predicted molar refractivity (Wildman–Crippen MR) is 71.5 cm³/mol. The van der Waals surface area contributed by atoms with Crippen molar-refractivity contribution in [3.8, 4) is 17.6 Å². The lowest BCUT2D eigenvalue weighted by molar-refractivity contribution is 0.0519. The van der Waals surface area contributed by atoms with Crippen LogP contribution in [0.2, 0.25) is 0 Å². The van der Waals surface area contributed by atoms with Crippen molar-refractivity contribution in [2.45, 2.75) is 13.5 Å². The van der Waals surface area contributed by atoms with Gasteiger partial charge in [0.1, 0.15) is 6.26 Å². The summed E-state index contributed by atoms with van der Waals surface area (Å²) in [5.41, 5.74) is 0.705. The molecule has 112 valence electrons. The van der Waals surface area contributed by atoms with Gasteiger partial charge in [0.15, 0.2) is 17.2 Å². The second-order valence-electron chi connectivity index (χ2n) is 3.96. The smallest absolute Gasteiger partial charge is 0.400 e. The summed E-state index contributed by atoms with van der Waals surface area (Å²) in [6.45, 7) is 1.84. The predicted octanol–water partition coefficient (Wildman–Crippen LogP) is 2.14. The summed E-state index contributed by atoms with van der Waals surface area (Å²) < 4.78 is 20.4. The van der Waals surface area contributed by atoms with E-state index in [9.17, 15) is 4.79 Å². The normalized spacial score (nSPS) is 10.2. The van der Waals surface area contributed by atoms with E-state index in [1.54, 1.807) is 25.1 Å². The van der Waals surface area contributed by atoms with Gasteiger partial charge < -0.3 is 23.7 Å². The quantitative estimate of drug-likeness (QED) is 0.816. The highest BCUT2D eigenvalue weighted by molar-refractivity contribution is 5.86. The maximum Gasteiger partial charge on any atom is 0.400 e. The first-order valence-electron chi connectivity index (χ1n) is 6.26. The Labute approximate surface area is 121 Å². The van der Waals surface area contributed by atoms with Gasteiger partial charge in [-0.1, -0.05) is 6.07 Å². The number of methoxy groups -OCH3 is 1. The number of nitrogens with zero attached hydrogens (tertiary/aromatic N) is 1. The summed E-state index contributed by atoms with van der Waals surface area (Å²) in [5, 5.41) is 9.07. The van der Waals surface area contributed by atoms with Crippen molar-refractivity contribution >= 4 is 5.97 Å². The number of rotatable bonds is 6. The number of hydrogen-bond donors (Lipinski definition) is 1. The zero-order valence-corrected chi connectivity index (χ0v) is 11.7. The average Bonchev–Trinajstić information content (AvgIpc) is 2.96. The maximum atomic E-state index is 11.5.